The first-order valence-corrected chi connectivity index (χ1v) is 14.8. The molecule has 4 rings (SSSR count). The van der Waals surface area contributed by atoms with Crippen molar-refractivity contribution in [2.45, 2.75) is 104 Å². The second-order valence-corrected chi connectivity index (χ2v) is 12.8. The van der Waals surface area contributed by atoms with E-state index in [0.29, 0.717) is 46.5 Å². The molecule has 0 unspecified atom stereocenters. The monoisotopic (exact) mass is 595 g/mol. The maximum atomic E-state index is 14.0. The van der Waals surface area contributed by atoms with E-state index in [1.807, 2.05) is 55.4 Å². The standard InChI is InChI=1S/C31H45N7O5/c1-9-41-23-16-10-20(11-17-23)28(39)38(43-31(6,7)8)27-19(2)25(36-26-24(32)18-33-37(26)27)34-21-12-14-22(15-13-21)35-29(40)42-30(3,4)5/h10-11,16-18,21-22H,9,12-15,32H2,1-8H3,(H,34,36)(H,35,40). The molecule has 43 heavy (non-hydrogen) atoms. The van der Waals surface area contributed by atoms with E-state index in [1.165, 1.54) is 15.8 Å². The number of nitrogens with two attached hydrogens (primary N) is 1. The number of nitrogens with zero attached hydrogens (tertiary/aromatic N) is 4. The molecule has 2 heterocycles. The number of aromatic nitrogens is 3. The van der Waals surface area contributed by atoms with Gasteiger partial charge in [0.1, 0.15) is 17.2 Å². The average molecular weight is 596 g/mol. The van der Waals surface area contributed by atoms with Crippen LogP contribution >= 0.6 is 0 Å². The summed E-state index contributed by atoms with van der Waals surface area (Å²) >= 11 is 0. The van der Waals surface area contributed by atoms with Crippen molar-refractivity contribution < 1.29 is 23.9 Å². The fraction of sp³-hybridized carbons (Fsp3) is 0.548. The normalized spacial score (nSPS) is 17.4. The summed E-state index contributed by atoms with van der Waals surface area (Å²) in [5.74, 6) is 1.29. The fourth-order valence-electron chi connectivity index (χ4n) is 4.94. The van der Waals surface area contributed by atoms with Gasteiger partial charge in [0.2, 0.25) is 0 Å². The molecule has 1 fully saturated rings. The number of anilines is 3. The summed E-state index contributed by atoms with van der Waals surface area (Å²) in [6, 6.07) is 7.07. The van der Waals surface area contributed by atoms with Crippen LogP contribution in [0.1, 0.15) is 90.1 Å². The van der Waals surface area contributed by atoms with Gasteiger partial charge in [-0.05, 0) is 105 Å². The first-order chi connectivity index (χ1) is 20.1. The zero-order valence-corrected chi connectivity index (χ0v) is 26.5. The summed E-state index contributed by atoms with van der Waals surface area (Å²) in [6.45, 7) is 15.5. The molecular weight excluding hydrogens is 550 g/mol. The number of alkyl carbamates (subject to hydrolysis) is 1. The molecule has 3 aromatic rings. The van der Waals surface area contributed by atoms with Gasteiger partial charge < -0.3 is 25.8 Å². The highest BCUT2D eigenvalue weighted by molar-refractivity contribution is 6.05. The van der Waals surface area contributed by atoms with Crippen molar-refractivity contribution in [2.75, 3.05) is 22.7 Å². The van der Waals surface area contributed by atoms with Crippen molar-refractivity contribution in [1.82, 2.24) is 19.9 Å². The van der Waals surface area contributed by atoms with Gasteiger partial charge in [0.05, 0.1) is 24.1 Å². The van der Waals surface area contributed by atoms with Crippen LogP contribution in [0.25, 0.3) is 5.65 Å². The zero-order chi connectivity index (χ0) is 31.5. The summed E-state index contributed by atoms with van der Waals surface area (Å²) in [5, 5.41) is 12.3. The van der Waals surface area contributed by atoms with Gasteiger partial charge in [0.15, 0.2) is 11.5 Å². The number of hydroxylamine groups is 1. The number of hydrogen-bond donors (Lipinski definition) is 3. The fourth-order valence-corrected chi connectivity index (χ4v) is 4.94. The molecule has 0 radical (unpaired) electrons. The van der Waals surface area contributed by atoms with Gasteiger partial charge in [-0.3, -0.25) is 9.63 Å². The Hall–Kier alpha value is -4.06. The average Bonchev–Trinajstić information content (AvgIpc) is 3.27. The second kappa shape index (κ2) is 12.7. The van der Waals surface area contributed by atoms with Crippen LogP contribution in [-0.4, -0.2) is 56.5 Å². The van der Waals surface area contributed by atoms with Crippen molar-refractivity contribution in [1.29, 1.82) is 0 Å². The van der Waals surface area contributed by atoms with Gasteiger partial charge in [-0.2, -0.15) is 14.7 Å². The van der Waals surface area contributed by atoms with E-state index < -0.39 is 17.3 Å². The summed E-state index contributed by atoms with van der Waals surface area (Å²) in [5.41, 5.74) is 6.90. The third-order valence-corrected chi connectivity index (χ3v) is 6.82. The Balaban J connectivity index is 1.62. The van der Waals surface area contributed by atoms with E-state index in [4.69, 9.17) is 25.0 Å². The van der Waals surface area contributed by atoms with Crippen molar-refractivity contribution in [3.05, 3.63) is 41.6 Å². The number of nitrogen functional groups attached to an aromatic ring is 1. The number of rotatable bonds is 8. The molecule has 0 saturated heterocycles. The van der Waals surface area contributed by atoms with Crippen LogP contribution in [0.4, 0.5) is 22.1 Å². The maximum Gasteiger partial charge on any atom is 0.407 e. The molecule has 1 saturated carbocycles. The highest BCUT2D eigenvalue weighted by atomic mass is 16.7. The van der Waals surface area contributed by atoms with Crippen LogP contribution in [0.2, 0.25) is 0 Å². The van der Waals surface area contributed by atoms with Gasteiger partial charge in [-0.1, -0.05) is 0 Å². The number of amides is 2. The first-order valence-electron chi connectivity index (χ1n) is 14.8. The number of hydrogen-bond acceptors (Lipinski definition) is 9. The summed E-state index contributed by atoms with van der Waals surface area (Å²) in [7, 11) is 0. The van der Waals surface area contributed by atoms with Gasteiger partial charge in [0, 0.05) is 23.2 Å². The van der Waals surface area contributed by atoms with Crippen molar-refractivity contribution >= 4 is 35.0 Å². The zero-order valence-electron chi connectivity index (χ0n) is 26.5. The smallest absolute Gasteiger partial charge is 0.407 e. The molecule has 12 heteroatoms. The van der Waals surface area contributed by atoms with Crippen molar-refractivity contribution in [2.24, 2.45) is 0 Å². The Bertz CT molecular complexity index is 1430. The predicted octanol–water partition coefficient (Wildman–Crippen LogP) is 5.64. The molecule has 12 nitrogen and oxygen atoms in total. The molecule has 234 valence electrons. The minimum atomic E-state index is -0.714. The predicted molar refractivity (Wildman–Crippen MR) is 166 cm³/mol. The Morgan fingerprint density at radius 3 is 2.23 bits per heavy atom. The lowest BCUT2D eigenvalue weighted by atomic mass is 9.91. The topological polar surface area (TPSA) is 145 Å². The molecule has 1 aromatic carbocycles. The minimum Gasteiger partial charge on any atom is -0.494 e. The van der Waals surface area contributed by atoms with Crippen molar-refractivity contribution in [3.63, 3.8) is 0 Å². The largest absolute Gasteiger partial charge is 0.494 e. The number of carbonyl (C=O) groups excluding carboxylic acids is 2. The van der Waals surface area contributed by atoms with Gasteiger partial charge >= 0.3 is 6.09 Å². The van der Waals surface area contributed by atoms with Gasteiger partial charge in [0.25, 0.3) is 5.91 Å². The molecule has 2 amide bonds. The lowest BCUT2D eigenvalue weighted by Crippen LogP contribution is -2.42. The number of benzene rings is 1. The number of fused-ring (bicyclic) bond motifs is 1. The van der Waals surface area contributed by atoms with Crippen LogP contribution in [-0.2, 0) is 9.57 Å². The van der Waals surface area contributed by atoms with E-state index in [1.54, 1.807) is 24.3 Å². The molecule has 0 aliphatic heterocycles. The Morgan fingerprint density at radius 2 is 1.65 bits per heavy atom. The summed E-state index contributed by atoms with van der Waals surface area (Å²) in [4.78, 5) is 37.4. The third-order valence-electron chi connectivity index (χ3n) is 6.82. The number of carbonyl (C=O) groups is 2. The van der Waals surface area contributed by atoms with Crippen LogP contribution < -0.4 is 26.2 Å². The summed E-state index contributed by atoms with van der Waals surface area (Å²) < 4.78 is 12.5. The molecule has 4 N–H and O–H groups in total. The van der Waals surface area contributed by atoms with Crippen molar-refractivity contribution in [3.8, 4) is 5.75 Å². The van der Waals surface area contributed by atoms with E-state index >= 15 is 0 Å². The molecule has 0 spiro atoms. The van der Waals surface area contributed by atoms with Crippen LogP contribution in [0.5, 0.6) is 5.75 Å². The van der Waals surface area contributed by atoms with E-state index in [-0.39, 0.29) is 18.0 Å². The van der Waals surface area contributed by atoms with Gasteiger partial charge in [-0.25, -0.2) is 9.78 Å². The van der Waals surface area contributed by atoms with E-state index in [9.17, 15) is 9.59 Å². The highest BCUT2D eigenvalue weighted by Crippen LogP contribution is 2.33. The molecule has 2 aromatic heterocycles. The van der Waals surface area contributed by atoms with Crippen LogP contribution in [0, 0.1) is 6.92 Å². The minimum absolute atomic E-state index is 0.0351. The van der Waals surface area contributed by atoms with Crippen LogP contribution in [0.15, 0.2) is 30.5 Å². The Labute approximate surface area is 253 Å². The molecule has 0 atom stereocenters. The highest BCUT2D eigenvalue weighted by Gasteiger charge is 2.32. The Morgan fingerprint density at radius 1 is 1.02 bits per heavy atom. The van der Waals surface area contributed by atoms with E-state index in [0.717, 1.165) is 25.7 Å². The van der Waals surface area contributed by atoms with E-state index in [2.05, 4.69) is 15.7 Å². The molecular formula is C31H45N7O5. The van der Waals surface area contributed by atoms with Crippen LogP contribution in [0.3, 0.4) is 0 Å². The molecule has 0 bridgehead atoms. The van der Waals surface area contributed by atoms with Gasteiger partial charge in [-0.15, -0.1) is 0 Å². The second-order valence-electron chi connectivity index (χ2n) is 12.8. The lowest BCUT2D eigenvalue weighted by Gasteiger charge is -2.33. The first kappa shape index (κ1) is 31.9. The third kappa shape index (κ3) is 8.07. The lowest BCUT2D eigenvalue weighted by molar-refractivity contribution is -0.0173. The number of ether oxygens (including phenoxy) is 2. The SMILES string of the molecule is CCOc1ccc(C(=O)N(OC(C)(C)C)c2c(C)c(NC3CCC(NC(=O)OC(C)(C)C)CC3)nc3c(N)cnn23)cc1. The Kier molecular flexibility index (Phi) is 9.38. The summed E-state index contributed by atoms with van der Waals surface area (Å²) in [6.07, 6.45) is 4.31. The quantitative estimate of drug-likeness (QED) is 0.282. The number of nitrogens with one attached hydrogen (secondary N) is 2. The molecule has 1 aliphatic rings. The molecule has 1 aliphatic carbocycles. The maximum absolute atomic E-state index is 14.0.